The second-order valence-electron chi connectivity index (χ2n) is 5.08. The lowest BCUT2D eigenvalue weighted by molar-refractivity contribution is 0.0440. The second kappa shape index (κ2) is 5.14. The molecule has 0 aliphatic carbocycles. The van der Waals surface area contributed by atoms with Crippen LogP contribution in [0.15, 0.2) is 4.52 Å². The zero-order valence-corrected chi connectivity index (χ0v) is 10.6. The first-order valence-corrected chi connectivity index (χ1v) is 6.35. The van der Waals surface area contributed by atoms with Gasteiger partial charge >= 0.3 is 0 Å². The number of aryl methyl sites for hydroxylation is 1. The van der Waals surface area contributed by atoms with Gasteiger partial charge in [-0.25, -0.2) is 0 Å². The molecule has 0 amide bonds. The van der Waals surface area contributed by atoms with Gasteiger partial charge in [-0.2, -0.15) is 4.98 Å². The van der Waals surface area contributed by atoms with Crippen molar-refractivity contribution in [2.75, 3.05) is 13.1 Å². The van der Waals surface area contributed by atoms with Gasteiger partial charge in [0.05, 0.1) is 12.1 Å². The quantitative estimate of drug-likeness (QED) is 0.863. The summed E-state index contributed by atoms with van der Waals surface area (Å²) in [5, 5.41) is 13.9. The third kappa shape index (κ3) is 3.51. The molecule has 1 N–H and O–H groups in total. The van der Waals surface area contributed by atoms with E-state index in [4.69, 9.17) is 4.52 Å². The van der Waals surface area contributed by atoms with E-state index in [-0.39, 0.29) is 0 Å². The lowest BCUT2D eigenvalue weighted by atomic mass is 9.98. The largest absolute Gasteiger partial charge is 0.390 e. The Morgan fingerprint density at radius 2 is 2.24 bits per heavy atom. The highest BCUT2D eigenvalue weighted by molar-refractivity contribution is 4.87. The molecule has 17 heavy (non-hydrogen) atoms. The van der Waals surface area contributed by atoms with E-state index in [1.165, 1.54) is 0 Å². The Kier molecular flexibility index (Phi) is 3.79. The van der Waals surface area contributed by atoms with Crippen LogP contribution in [0.2, 0.25) is 0 Å². The average Bonchev–Trinajstić information content (AvgIpc) is 2.66. The van der Waals surface area contributed by atoms with Crippen molar-refractivity contribution >= 4 is 0 Å². The fourth-order valence-electron chi connectivity index (χ4n) is 2.17. The Balaban J connectivity index is 1.90. The van der Waals surface area contributed by atoms with Gasteiger partial charge in [0.15, 0.2) is 5.82 Å². The van der Waals surface area contributed by atoms with Crippen LogP contribution in [0.4, 0.5) is 0 Å². The molecule has 1 aromatic heterocycles. The first-order chi connectivity index (χ1) is 8.09. The molecule has 2 rings (SSSR count). The van der Waals surface area contributed by atoms with Crippen molar-refractivity contribution < 1.29 is 9.63 Å². The minimum atomic E-state index is -0.516. The van der Waals surface area contributed by atoms with Crippen molar-refractivity contribution in [3.05, 3.63) is 11.7 Å². The smallest absolute Gasteiger partial charge is 0.240 e. The normalized spacial score (nSPS) is 27.0. The van der Waals surface area contributed by atoms with Crippen molar-refractivity contribution in [1.82, 2.24) is 15.0 Å². The molecule has 1 saturated heterocycles. The lowest BCUT2D eigenvalue weighted by Crippen LogP contribution is -2.28. The number of hydrogen-bond acceptors (Lipinski definition) is 5. The summed E-state index contributed by atoms with van der Waals surface area (Å²) in [5.41, 5.74) is -0.516. The maximum Gasteiger partial charge on any atom is 0.240 e. The average molecular weight is 239 g/mol. The van der Waals surface area contributed by atoms with Crippen molar-refractivity contribution in [3.8, 4) is 0 Å². The van der Waals surface area contributed by atoms with Crippen LogP contribution in [-0.4, -0.2) is 38.8 Å². The molecule has 5 nitrogen and oxygen atoms in total. The van der Waals surface area contributed by atoms with Gasteiger partial charge < -0.3 is 9.63 Å². The summed E-state index contributed by atoms with van der Waals surface area (Å²) in [6, 6.07) is 0. The summed E-state index contributed by atoms with van der Waals surface area (Å²) in [6.07, 6.45) is 3.50. The summed E-state index contributed by atoms with van der Waals surface area (Å²) >= 11 is 0. The van der Waals surface area contributed by atoms with Crippen LogP contribution in [0.3, 0.4) is 0 Å². The van der Waals surface area contributed by atoms with Gasteiger partial charge in [-0.1, -0.05) is 12.1 Å². The first kappa shape index (κ1) is 12.5. The number of hydrogen-bond donors (Lipinski definition) is 1. The van der Waals surface area contributed by atoms with E-state index < -0.39 is 5.60 Å². The highest BCUT2D eigenvalue weighted by Crippen LogP contribution is 2.22. The molecular formula is C12H21N3O2. The zero-order chi connectivity index (χ0) is 12.3. The molecule has 0 radical (unpaired) electrons. The van der Waals surface area contributed by atoms with E-state index in [1.54, 1.807) is 0 Å². The number of rotatable bonds is 3. The predicted octanol–water partition coefficient (Wildman–Crippen LogP) is 1.37. The number of likely N-dealkylation sites (tertiary alicyclic amines) is 1. The summed E-state index contributed by atoms with van der Waals surface area (Å²) < 4.78 is 5.19. The maximum absolute atomic E-state index is 10.0. The van der Waals surface area contributed by atoms with Gasteiger partial charge in [-0.05, 0) is 32.7 Å². The third-order valence-electron chi connectivity index (χ3n) is 3.34. The minimum absolute atomic E-state index is 0.516. The van der Waals surface area contributed by atoms with Crippen LogP contribution in [-0.2, 0) is 13.0 Å². The fraction of sp³-hybridized carbons (Fsp3) is 0.833. The molecule has 0 bridgehead atoms. The van der Waals surface area contributed by atoms with Crippen LogP contribution in [0, 0.1) is 0 Å². The standard InChI is InChI=1S/C12H21N3O2/c1-3-10-13-11(17-14-10)9-15-7-4-5-12(2,16)6-8-15/h16H,3-9H2,1-2H3. The van der Waals surface area contributed by atoms with E-state index in [9.17, 15) is 5.11 Å². The number of aromatic nitrogens is 2. The maximum atomic E-state index is 10.0. The molecule has 1 aliphatic rings. The zero-order valence-electron chi connectivity index (χ0n) is 10.6. The minimum Gasteiger partial charge on any atom is -0.390 e. The van der Waals surface area contributed by atoms with Crippen LogP contribution >= 0.6 is 0 Å². The predicted molar refractivity (Wildman–Crippen MR) is 63.4 cm³/mol. The topological polar surface area (TPSA) is 62.4 Å². The second-order valence-corrected chi connectivity index (χ2v) is 5.08. The molecule has 0 saturated carbocycles. The van der Waals surface area contributed by atoms with Crippen LogP contribution in [0.25, 0.3) is 0 Å². The van der Waals surface area contributed by atoms with E-state index in [0.29, 0.717) is 12.4 Å². The third-order valence-corrected chi connectivity index (χ3v) is 3.34. The van der Waals surface area contributed by atoms with E-state index >= 15 is 0 Å². The lowest BCUT2D eigenvalue weighted by Gasteiger charge is -2.21. The Morgan fingerprint density at radius 3 is 2.94 bits per heavy atom. The molecular weight excluding hydrogens is 218 g/mol. The van der Waals surface area contributed by atoms with Crippen molar-refractivity contribution in [2.45, 2.75) is 51.7 Å². The van der Waals surface area contributed by atoms with Gasteiger partial charge in [0.1, 0.15) is 0 Å². The van der Waals surface area contributed by atoms with E-state index in [0.717, 1.165) is 44.6 Å². The molecule has 2 heterocycles. The fourth-order valence-corrected chi connectivity index (χ4v) is 2.17. The van der Waals surface area contributed by atoms with Crippen molar-refractivity contribution in [3.63, 3.8) is 0 Å². The number of aliphatic hydroxyl groups is 1. The molecule has 1 aliphatic heterocycles. The molecule has 0 spiro atoms. The van der Waals surface area contributed by atoms with E-state index in [1.807, 2.05) is 13.8 Å². The van der Waals surface area contributed by atoms with E-state index in [2.05, 4.69) is 15.0 Å². The molecule has 1 unspecified atom stereocenters. The van der Waals surface area contributed by atoms with Crippen molar-refractivity contribution in [2.24, 2.45) is 0 Å². The molecule has 0 aromatic carbocycles. The van der Waals surface area contributed by atoms with Crippen LogP contribution in [0.5, 0.6) is 0 Å². The summed E-state index contributed by atoms with van der Waals surface area (Å²) in [6.45, 7) is 6.50. The molecule has 1 atom stereocenters. The van der Waals surface area contributed by atoms with Gasteiger partial charge in [0.25, 0.3) is 0 Å². The molecule has 1 aromatic rings. The Bertz CT molecular complexity index is 362. The molecule has 5 heteroatoms. The summed E-state index contributed by atoms with van der Waals surface area (Å²) in [4.78, 5) is 6.58. The Labute approximate surface area is 102 Å². The van der Waals surface area contributed by atoms with Crippen molar-refractivity contribution in [1.29, 1.82) is 0 Å². The van der Waals surface area contributed by atoms with Crippen LogP contribution < -0.4 is 0 Å². The van der Waals surface area contributed by atoms with Gasteiger partial charge in [-0.3, -0.25) is 4.90 Å². The summed E-state index contributed by atoms with van der Waals surface area (Å²) in [5.74, 6) is 1.45. The molecule has 96 valence electrons. The Morgan fingerprint density at radius 1 is 1.41 bits per heavy atom. The highest BCUT2D eigenvalue weighted by Gasteiger charge is 2.25. The molecule has 1 fully saturated rings. The van der Waals surface area contributed by atoms with Crippen LogP contribution in [0.1, 0.15) is 44.8 Å². The SMILES string of the molecule is CCc1noc(CN2CCCC(C)(O)CC2)n1. The first-order valence-electron chi connectivity index (χ1n) is 6.35. The summed E-state index contributed by atoms with van der Waals surface area (Å²) in [7, 11) is 0. The Hall–Kier alpha value is -0.940. The monoisotopic (exact) mass is 239 g/mol. The van der Waals surface area contributed by atoms with Gasteiger partial charge in [0.2, 0.25) is 5.89 Å². The number of nitrogens with zero attached hydrogens (tertiary/aromatic N) is 3. The highest BCUT2D eigenvalue weighted by atomic mass is 16.5. The van der Waals surface area contributed by atoms with Gasteiger partial charge in [-0.15, -0.1) is 0 Å². The van der Waals surface area contributed by atoms with Gasteiger partial charge in [0, 0.05) is 13.0 Å².